The maximum absolute atomic E-state index is 12.3. The Morgan fingerprint density at radius 1 is 1.19 bits per heavy atom. The van der Waals surface area contributed by atoms with Crippen molar-refractivity contribution in [1.29, 1.82) is 0 Å². The van der Waals surface area contributed by atoms with Crippen LogP contribution in [0.25, 0.3) is 0 Å². The molecular weight excluding hydrogens is 360 g/mol. The molecule has 0 spiro atoms. The molecule has 1 aromatic carbocycles. The molecule has 146 valence electrons. The highest BCUT2D eigenvalue weighted by Gasteiger charge is 2.29. The molecule has 0 aromatic heterocycles. The van der Waals surface area contributed by atoms with Crippen LogP contribution in [-0.4, -0.2) is 72.5 Å². The minimum absolute atomic E-state index is 0.0233. The van der Waals surface area contributed by atoms with Gasteiger partial charge in [0.15, 0.2) is 0 Å². The highest BCUT2D eigenvalue weighted by molar-refractivity contribution is 6.39. The van der Waals surface area contributed by atoms with Crippen molar-refractivity contribution in [1.82, 2.24) is 9.80 Å². The molecule has 1 saturated heterocycles. The average Bonchev–Trinajstić information content (AvgIpc) is 2.67. The van der Waals surface area contributed by atoms with Crippen LogP contribution >= 0.6 is 0 Å². The number of piperazine rings is 1. The second-order valence-corrected chi connectivity index (χ2v) is 5.57. The lowest BCUT2D eigenvalue weighted by Crippen LogP contribution is -2.53. The number of hydrogen-bond acceptors (Lipinski definition) is 7. The minimum atomic E-state index is -0.946. The molecule has 0 bridgehead atoms. The highest BCUT2D eigenvalue weighted by Crippen LogP contribution is 2.28. The molecule has 0 aliphatic carbocycles. The number of methoxy groups -OCH3 is 1. The van der Waals surface area contributed by atoms with Crippen LogP contribution in [0, 0.1) is 10.1 Å². The fourth-order valence-electron chi connectivity index (χ4n) is 2.53. The van der Waals surface area contributed by atoms with E-state index in [2.05, 4.69) is 5.32 Å². The Balaban J connectivity index is 2.00. The van der Waals surface area contributed by atoms with Gasteiger partial charge in [0.2, 0.25) is 0 Å². The molecule has 1 N–H and O–H groups in total. The molecule has 1 heterocycles. The summed E-state index contributed by atoms with van der Waals surface area (Å²) in [5.74, 6) is -1.56. The van der Waals surface area contributed by atoms with E-state index in [1.54, 1.807) is 6.92 Å². The number of nitrogens with one attached hydrogen (secondary N) is 1. The quantitative estimate of drug-likeness (QED) is 0.465. The minimum Gasteiger partial charge on any atom is -0.495 e. The summed E-state index contributed by atoms with van der Waals surface area (Å²) in [7, 11) is 1.34. The molecule has 27 heavy (non-hydrogen) atoms. The first kappa shape index (κ1) is 19.9. The van der Waals surface area contributed by atoms with Gasteiger partial charge in [0.1, 0.15) is 5.75 Å². The van der Waals surface area contributed by atoms with Crippen molar-refractivity contribution in [2.45, 2.75) is 6.92 Å². The van der Waals surface area contributed by atoms with Crippen LogP contribution in [0.15, 0.2) is 18.2 Å². The molecule has 1 aliphatic heterocycles. The first-order valence-corrected chi connectivity index (χ1v) is 8.21. The summed E-state index contributed by atoms with van der Waals surface area (Å²) in [4.78, 5) is 49.3. The zero-order chi connectivity index (χ0) is 20.0. The fourth-order valence-corrected chi connectivity index (χ4v) is 2.53. The van der Waals surface area contributed by atoms with E-state index in [0.29, 0.717) is 0 Å². The summed E-state index contributed by atoms with van der Waals surface area (Å²) in [6, 6.07) is 3.67. The second-order valence-electron chi connectivity index (χ2n) is 5.57. The van der Waals surface area contributed by atoms with Crippen LogP contribution < -0.4 is 10.1 Å². The number of nitrogens with zero attached hydrogens (tertiary/aromatic N) is 3. The van der Waals surface area contributed by atoms with Crippen molar-refractivity contribution >= 4 is 29.3 Å². The lowest BCUT2D eigenvalue weighted by atomic mass is 10.2. The molecule has 1 aliphatic rings. The number of carbonyl (C=O) groups excluding carboxylic acids is 3. The standard InChI is InChI=1S/C16H20N4O7/c1-3-27-16(23)19-8-6-18(7-9-19)15(22)14(21)17-12-10-11(20(24)25)4-5-13(12)26-2/h4-5,10H,3,6-9H2,1-2H3,(H,17,21). The predicted molar refractivity (Wildman–Crippen MR) is 93.5 cm³/mol. The molecule has 0 radical (unpaired) electrons. The van der Waals surface area contributed by atoms with E-state index in [0.717, 1.165) is 6.07 Å². The Morgan fingerprint density at radius 2 is 1.81 bits per heavy atom. The van der Waals surface area contributed by atoms with Crippen molar-refractivity contribution in [3.63, 3.8) is 0 Å². The Hall–Kier alpha value is -3.37. The van der Waals surface area contributed by atoms with E-state index >= 15 is 0 Å². The van der Waals surface area contributed by atoms with Crippen LogP contribution in [0.1, 0.15) is 6.92 Å². The van der Waals surface area contributed by atoms with E-state index in [1.165, 1.54) is 29.0 Å². The van der Waals surface area contributed by atoms with Gasteiger partial charge in [-0.15, -0.1) is 0 Å². The number of hydrogen-bond donors (Lipinski definition) is 1. The number of amides is 3. The smallest absolute Gasteiger partial charge is 0.409 e. The summed E-state index contributed by atoms with van der Waals surface area (Å²) < 4.78 is 9.94. The molecule has 1 aromatic rings. The summed E-state index contributed by atoms with van der Waals surface area (Å²) >= 11 is 0. The van der Waals surface area contributed by atoms with Gasteiger partial charge in [-0.2, -0.15) is 0 Å². The molecule has 11 nitrogen and oxygen atoms in total. The van der Waals surface area contributed by atoms with Crippen LogP contribution in [-0.2, 0) is 14.3 Å². The van der Waals surface area contributed by atoms with Gasteiger partial charge in [-0.25, -0.2) is 4.79 Å². The molecule has 1 fully saturated rings. The van der Waals surface area contributed by atoms with Crippen molar-refractivity contribution in [2.75, 3.05) is 45.2 Å². The number of carbonyl (C=O) groups is 3. The molecular formula is C16H20N4O7. The van der Waals surface area contributed by atoms with Gasteiger partial charge in [0, 0.05) is 38.3 Å². The van der Waals surface area contributed by atoms with Crippen LogP contribution in [0.3, 0.4) is 0 Å². The Kier molecular flexibility index (Phi) is 6.52. The highest BCUT2D eigenvalue weighted by atomic mass is 16.6. The molecule has 3 amide bonds. The van der Waals surface area contributed by atoms with Crippen molar-refractivity contribution in [2.24, 2.45) is 0 Å². The monoisotopic (exact) mass is 380 g/mol. The largest absolute Gasteiger partial charge is 0.495 e. The number of ether oxygens (including phenoxy) is 2. The average molecular weight is 380 g/mol. The van der Waals surface area contributed by atoms with Gasteiger partial charge >= 0.3 is 17.9 Å². The van der Waals surface area contributed by atoms with Gasteiger partial charge in [-0.3, -0.25) is 19.7 Å². The van der Waals surface area contributed by atoms with Crippen molar-refractivity contribution in [3.8, 4) is 5.75 Å². The Labute approximate surface area is 155 Å². The molecule has 2 rings (SSSR count). The van der Waals surface area contributed by atoms with Gasteiger partial charge < -0.3 is 24.6 Å². The lowest BCUT2D eigenvalue weighted by Gasteiger charge is -2.33. The number of nitro benzene ring substituents is 1. The molecule has 11 heteroatoms. The molecule has 0 atom stereocenters. The first-order chi connectivity index (χ1) is 12.9. The zero-order valence-corrected chi connectivity index (χ0v) is 15.0. The van der Waals surface area contributed by atoms with Crippen LogP contribution in [0.5, 0.6) is 5.75 Å². The maximum atomic E-state index is 12.3. The predicted octanol–water partition coefficient (Wildman–Crippen LogP) is 0.843. The van der Waals surface area contributed by atoms with E-state index < -0.39 is 22.8 Å². The number of rotatable bonds is 4. The van der Waals surface area contributed by atoms with Gasteiger partial charge in [-0.05, 0) is 13.0 Å². The summed E-state index contributed by atoms with van der Waals surface area (Å²) in [5.41, 5.74) is -0.225. The van der Waals surface area contributed by atoms with Gasteiger partial charge in [0.25, 0.3) is 5.69 Å². The Morgan fingerprint density at radius 3 is 2.37 bits per heavy atom. The van der Waals surface area contributed by atoms with Crippen molar-refractivity contribution in [3.05, 3.63) is 28.3 Å². The number of benzene rings is 1. The third kappa shape index (κ3) is 4.84. The van der Waals surface area contributed by atoms with E-state index in [4.69, 9.17) is 9.47 Å². The van der Waals surface area contributed by atoms with E-state index in [1.807, 2.05) is 0 Å². The van der Waals surface area contributed by atoms with Crippen LogP contribution in [0.2, 0.25) is 0 Å². The SMILES string of the molecule is CCOC(=O)N1CCN(C(=O)C(=O)Nc2cc([N+](=O)[O-])ccc2OC)CC1. The van der Waals surface area contributed by atoms with Crippen molar-refractivity contribution < 1.29 is 28.8 Å². The Bertz CT molecular complexity index is 744. The second kappa shape index (κ2) is 8.83. The van der Waals surface area contributed by atoms with E-state index in [-0.39, 0.29) is 49.9 Å². The summed E-state index contributed by atoms with van der Waals surface area (Å²) in [5, 5.41) is 13.2. The van der Waals surface area contributed by atoms with Crippen LogP contribution in [0.4, 0.5) is 16.2 Å². The number of anilines is 1. The number of non-ortho nitro benzene ring substituents is 1. The fraction of sp³-hybridized carbons (Fsp3) is 0.438. The van der Waals surface area contributed by atoms with Gasteiger partial charge in [-0.1, -0.05) is 0 Å². The maximum Gasteiger partial charge on any atom is 0.409 e. The number of nitro groups is 1. The normalized spacial score (nSPS) is 13.7. The third-order valence-electron chi connectivity index (χ3n) is 3.93. The molecule has 0 saturated carbocycles. The lowest BCUT2D eigenvalue weighted by molar-refractivity contribution is -0.384. The third-order valence-corrected chi connectivity index (χ3v) is 3.93. The summed E-state index contributed by atoms with van der Waals surface area (Å²) in [6.07, 6.45) is -0.463. The van der Waals surface area contributed by atoms with E-state index in [9.17, 15) is 24.5 Å². The first-order valence-electron chi connectivity index (χ1n) is 8.21. The topological polar surface area (TPSA) is 131 Å². The molecule has 0 unspecified atom stereocenters. The zero-order valence-electron chi connectivity index (χ0n) is 15.0. The van der Waals surface area contributed by atoms with Gasteiger partial charge in [0.05, 0.1) is 24.3 Å². The summed E-state index contributed by atoms with van der Waals surface area (Å²) in [6.45, 7) is 2.81.